The van der Waals surface area contributed by atoms with Crippen LogP contribution in [0.4, 0.5) is 11.4 Å². The molecule has 1 aliphatic rings. The van der Waals surface area contributed by atoms with Crippen molar-refractivity contribution in [2.24, 2.45) is 15.3 Å². The molecule has 0 aliphatic carbocycles. The molecule has 0 bridgehead atoms. The van der Waals surface area contributed by atoms with Gasteiger partial charge in [0.2, 0.25) is 0 Å². The Bertz CT molecular complexity index is 1300. The van der Waals surface area contributed by atoms with E-state index in [9.17, 15) is 17.8 Å². The zero-order chi connectivity index (χ0) is 28.4. The summed E-state index contributed by atoms with van der Waals surface area (Å²) in [6.07, 6.45) is 14.1. The van der Waals surface area contributed by atoms with Crippen LogP contribution in [-0.4, -0.2) is 60.2 Å². The maximum absolute atomic E-state index is 13.0. The Balaban J connectivity index is 0.00000560. The van der Waals surface area contributed by atoms with Gasteiger partial charge in [-0.15, -0.1) is 0 Å². The van der Waals surface area contributed by atoms with E-state index >= 15 is 0 Å². The Kier molecular flexibility index (Phi) is 14.8. The molecule has 40 heavy (non-hydrogen) atoms. The minimum atomic E-state index is -4.58. The van der Waals surface area contributed by atoms with Crippen molar-refractivity contribution in [3.8, 4) is 0 Å². The van der Waals surface area contributed by atoms with Gasteiger partial charge < -0.3 is 0 Å². The number of amides is 1. The van der Waals surface area contributed by atoms with Crippen LogP contribution in [0.1, 0.15) is 83.6 Å². The van der Waals surface area contributed by atoms with E-state index in [2.05, 4.69) is 22.3 Å². The van der Waals surface area contributed by atoms with Gasteiger partial charge in [-0.1, -0.05) is 100 Å². The summed E-state index contributed by atoms with van der Waals surface area (Å²) in [6.45, 7) is 3.89. The molecule has 1 aliphatic heterocycles. The number of aryl methyl sites for hydroxylation is 1. The smallest absolute Gasteiger partial charge is 0.282 e. The van der Waals surface area contributed by atoms with E-state index in [1.54, 1.807) is 6.92 Å². The Morgan fingerprint density at radius 1 is 0.925 bits per heavy atom. The molecule has 1 unspecified atom stereocenters. The molecule has 213 valence electrons. The van der Waals surface area contributed by atoms with Crippen molar-refractivity contribution in [1.29, 1.82) is 0 Å². The van der Waals surface area contributed by atoms with Crippen molar-refractivity contribution >= 4 is 85.9 Å². The minimum Gasteiger partial charge on any atom is -0.282 e. The van der Waals surface area contributed by atoms with Crippen LogP contribution in [0.5, 0.6) is 0 Å². The summed E-state index contributed by atoms with van der Waals surface area (Å²) >= 11 is 12.2. The predicted octanol–water partition coefficient (Wildman–Crippen LogP) is 8.20. The first-order valence-corrected chi connectivity index (χ1v) is 15.7. The third-order valence-corrected chi connectivity index (χ3v) is 8.27. The first-order valence-electron chi connectivity index (χ1n) is 13.5. The molecule has 1 N–H and O–H groups in total. The average Bonchev–Trinajstić information content (AvgIpc) is 3.17. The van der Waals surface area contributed by atoms with Gasteiger partial charge in [-0.25, -0.2) is 0 Å². The van der Waals surface area contributed by atoms with Crippen molar-refractivity contribution in [1.82, 2.24) is 0 Å². The number of anilines is 1. The summed E-state index contributed by atoms with van der Waals surface area (Å²) in [5.41, 5.74) is 2.34. The van der Waals surface area contributed by atoms with Gasteiger partial charge in [0.05, 0.1) is 27.1 Å². The molecule has 1 amide bonds. The summed E-state index contributed by atoms with van der Waals surface area (Å²) in [5.74, 6) is -0.508. The summed E-state index contributed by atoms with van der Waals surface area (Å²) in [5, 5.41) is 13.2. The topological polar surface area (TPSA) is 112 Å². The Hall–Kier alpha value is -1.33. The fraction of sp³-hybridized carbons (Fsp3) is 0.500. The van der Waals surface area contributed by atoms with Gasteiger partial charge >= 0.3 is 0 Å². The van der Waals surface area contributed by atoms with Crippen LogP contribution in [0.15, 0.2) is 56.6 Å². The number of azo groups is 1. The number of carbonyl (C=O) groups excluding carboxylic acids is 1. The first-order chi connectivity index (χ1) is 18.6. The second-order valence-corrected chi connectivity index (χ2v) is 12.0. The number of halogens is 2. The molecule has 0 aromatic heterocycles. The molecule has 0 fully saturated rings. The van der Waals surface area contributed by atoms with Crippen molar-refractivity contribution < 1.29 is 17.8 Å². The fourth-order valence-electron chi connectivity index (χ4n) is 4.41. The van der Waals surface area contributed by atoms with Crippen LogP contribution in [0.3, 0.4) is 0 Å². The summed E-state index contributed by atoms with van der Waals surface area (Å²) in [6, 6.07) is 9.00. The SMILES string of the molecule is CCCCCCCCCCCCc1ccc(N=NC2C(=O)N(c3cc(Cl)c(S(=O)(=O)O)cc3Cl)N=C2C)cc1.[Na]. The summed E-state index contributed by atoms with van der Waals surface area (Å²) in [7, 11) is -4.58. The predicted molar refractivity (Wildman–Crippen MR) is 163 cm³/mol. The number of hydrogen-bond acceptors (Lipinski definition) is 6. The molecule has 1 atom stereocenters. The molecule has 2 aromatic rings. The molecule has 1 heterocycles. The Labute approximate surface area is 269 Å². The van der Waals surface area contributed by atoms with Gasteiger partial charge in [0.1, 0.15) is 4.90 Å². The second kappa shape index (κ2) is 16.9. The van der Waals surface area contributed by atoms with Crippen molar-refractivity contribution in [2.75, 3.05) is 5.01 Å². The first kappa shape index (κ1) is 34.9. The minimum absolute atomic E-state index is 0. The second-order valence-electron chi connectivity index (χ2n) is 9.82. The van der Waals surface area contributed by atoms with Gasteiger partial charge in [-0.3, -0.25) is 9.35 Å². The van der Waals surface area contributed by atoms with Gasteiger partial charge in [-0.2, -0.15) is 28.8 Å². The van der Waals surface area contributed by atoms with Crippen LogP contribution in [0, 0.1) is 0 Å². The quantitative estimate of drug-likeness (QED) is 0.0939. The monoisotopic (exact) mass is 617 g/mol. The number of hydrogen-bond donors (Lipinski definition) is 1. The molecule has 8 nitrogen and oxygen atoms in total. The molecule has 1 radical (unpaired) electrons. The normalized spacial score (nSPS) is 15.5. The molecular weight excluding hydrogens is 582 g/mol. The van der Waals surface area contributed by atoms with E-state index in [0.717, 1.165) is 30.0 Å². The molecule has 2 aromatic carbocycles. The number of unbranched alkanes of at least 4 members (excludes halogenated alkanes) is 9. The molecule has 0 saturated carbocycles. The van der Waals surface area contributed by atoms with E-state index in [-0.39, 0.29) is 45.3 Å². The van der Waals surface area contributed by atoms with Crippen molar-refractivity contribution in [3.63, 3.8) is 0 Å². The summed E-state index contributed by atoms with van der Waals surface area (Å²) < 4.78 is 32.2. The zero-order valence-electron chi connectivity index (χ0n) is 23.4. The molecule has 12 heteroatoms. The maximum atomic E-state index is 13.0. The Morgan fingerprint density at radius 2 is 1.50 bits per heavy atom. The number of nitrogens with zero attached hydrogens (tertiary/aromatic N) is 4. The van der Waals surface area contributed by atoms with E-state index in [1.807, 2.05) is 24.3 Å². The van der Waals surface area contributed by atoms with Crippen molar-refractivity contribution in [3.05, 3.63) is 52.0 Å². The molecule has 0 spiro atoms. The maximum Gasteiger partial charge on any atom is 0.296 e. The fourth-order valence-corrected chi connectivity index (χ4v) is 5.74. The third kappa shape index (κ3) is 10.2. The average molecular weight is 619 g/mol. The largest absolute Gasteiger partial charge is 0.296 e. The standard InChI is InChI=1S/C28H36Cl2N4O4S.Na/c1-3-4-5-6-7-8-9-10-11-12-13-21-14-16-22(17-15-21)31-32-27-20(2)33-34(28(27)35)25-18-24(30)26(19-23(25)29)39(36,37)38;/h14-19,27H,3-13H2,1-2H3,(H,36,37,38);. The molecular formula is C28H36Cl2N4NaO4S. The zero-order valence-corrected chi connectivity index (χ0v) is 27.8. The number of rotatable bonds is 15. The third-order valence-electron chi connectivity index (χ3n) is 6.65. The van der Waals surface area contributed by atoms with Gasteiger partial charge in [0.25, 0.3) is 16.0 Å². The molecule has 3 rings (SSSR count). The van der Waals surface area contributed by atoms with Crippen LogP contribution in [0.2, 0.25) is 10.0 Å². The van der Waals surface area contributed by atoms with Gasteiger partial charge in [0.15, 0.2) is 6.04 Å². The Morgan fingerprint density at radius 3 is 2.08 bits per heavy atom. The van der Waals surface area contributed by atoms with E-state index < -0.39 is 27.0 Å². The van der Waals surface area contributed by atoms with E-state index in [4.69, 9.17) is 23.2 Å². The number of hydrazone groups is 1. The number of carbonyl (C=O) groups is 1. The van der Waals surface area contributed by atoms with E-state index in [0.29, 0.717) is 11.4 Å². The number of benzene rings is 2. The van der Waals surface area contributed by atoms with Crippen LogP contribution in [-0.2, 0) is 21.3 Å². The van der Waals surface area contributed by atoms with E-state index in [1.165, 1.54) is 63.4 Å². The van der Waals surface area contributed by atoms with Crippen LogP contribution < -0.4 is 5.01 Å². The van der Waals surface area contributed by atoms with Gasteiger partial charge in [0, 0.05) is 29.6 Å². The van der Waals surface area contributed by atoms with Crippen LogP contribution >= 0.6 is 23.2 Å². The summed E-state index contributed by atoms with van der Waals surface area (Å²) in [4.78, 5) is 12.4. The van der Waals surface area contributed by atoms with Crippen molar-refractivity contribution in [2.45, 2.75) is 95.4 Å². The molecule has 0 saturated heterocycles. The van der Waals surface area contributed by atoms with Gasteiger partial charge in [-0.05, 0) is 49.6 Å². The van der Waals surface area contributed by atoms with Crippen LogP contribution in [0.25, 0.3) is 0 Å².